The van der Waals surface area contributed by atoms with E-state index >= 15 is 0 Å². The summed E-state index contributed by atoms with van der Waals surface area (Å²) in [5.74, 6) is -1.03. The van der Waals surface area contributed by atoms with Gasteiger partial charge in [-0.15, -0.1) is 0 Å². The minimum Gasteiger partial charge on any atom is -0.465 e. The van der Waals surface area contributed by atoms with Gasteiger partial charge >= 0.3 is 11.9 Å². The molecule has 0 aromatic rings. The molecule has 4 nitrogen and oxygen atoms in total. The molecule has 112 valence electrons. The standard InChI is InChI=1S/C15H28O4/c1-6-9-10-11-15(12(4)5,13(16)18-7-2)14(17)19-8-3/h12H,6-11H2,1-5H3. The van der Waals surface area contributed by atoms with Crippen LogP contribution in [0.25, 0.3) is 0 Å². The summed E-state index contributed by atoms with van der Waals surface area (Å²) in [6.45, 7) is 9.90. The van der Waals surface area contributed by atoms with Crippen molar-refractivity contribution in [3.63, 3.8) is 0 Å². The average molecular weight is 272 g/mol. The first kappa shape index (κ1) is 17.9. The van der Waals surface area contributed by atoms with Crippen molar-refractivity contribution in [1.29, 1.82) is 0 Å². The van der Waals surface area contributed by atoms with Gasteiger partial charge in [-0.3, -0.25) is 9.59 Å². The zero-order valence-electron chi connectivity index (χ0n) is 13.0. The fourth-order valence-corrected chi connectivity index (χ4v) is 2.22. The van der Waals surface area contributed by atoms with Gasteiger partial charge in [0, 0.05) is 0 Å². The number of unbranched alkanes of at least 4 members (excludes halogenated alkanes) is 2. The molecule has 0 aliphatic carbocycles. The molecule has 0 aliphatic heterocycles. The van der Waals surface area contributed by atoms with E-state index in [0.717, 1.165) is 19.3 Å². The molecule has 0 amide bonds. The Kier molecular flexibility index (Phi) is 8.44. The summed E-state index contributed by atoms with van der Waals surface area (Å²) in [4.78, 5) is 24.6. The summed E-state index contributed by atoms with van der Waals surface area (Å²) in [6, 6.07) is 0. The van der Waals surface area contributed by atoms with Crippen LogP contribution in [0.15, 0.2) is 0 Å². The summed E-state index contributed by atoms with van der Waals surface area (Å²) in [7, 11) is 0. The fourth-order valence-electron chi connectivity index (χ4n) is 2.22. The Hall–Kier alpha value is -1.06. The van der Waals surface area contributed by atoms with Gasteiger partial charge in [0.1, 0.15) is 0 Å². The van der Waals surface area contributed by atoms with Crippen molar-refractivity contribution in [1.82, 2.24) is 0 Å². The smallest absolute Gasteiger partial charge is 0.323 e. The minimum absolute atomic E-state index is 0.137. The second-order valence-electron chi connectivity index (χ2n) is 5.02. The van der Waals surface area contributed by atoms with E-state index in [2.05, 4.69) is 6.92 Å². The molecule has 4 heteroatoms. The molecule has 0 aromatic heterocycles. The van der Waals surface area contributed by atoms with Gasteiger partial charge in [-0.2, -0.15) is 0 Å². The van der Waals surface area contributed by atoms with Gasteiger partial charge in [-0.25, -0.2) is 0 Å². The van der Waals surface area contributed by atoms with E-state index < -0.39 is 17.4 Å². The number of hydrogen-bond donors (Lipinski definition) is 0. The highest BCUT2D eigenvalue weighted by Gasteiger charge is 2.50. The normalized spacial score (nSPS) is 11.5. The van der Waals surface area contributed by atoms with E-state index in [1.54, 1.807) is 13.8 Å². The third-order valence-corrected chi connectivity index (χ3v) is 3.44. The zero-order chi connectivity index (χ0) is 14.9. The molecule has 0 saturated heterocycles. The summed E-state index contributed by atoms with van der Waals surface area (Å²) in [6.07, 6.45) is 3.36. The van der Waals surface area contributed by atoms with Crippen LogP contribution in [0, 0.1) is 11.3 Å². The van der Waals surface area contributed by atoms with E-state index in [1.165, 1.54) is 0 Å². The summed E-state index contributed by atoms with van der Waals surface area (Å²) < 4.78 is 10.3. The molecule has 0 radical (unpaired) electrons. The van der Waals surface area contributed by atoms with Crippen molar-refractivity contribution in [3.05, 3.63) is 0 Å². The summed E-state index contributed by atoms with van der Waals surface area (Å²) >= 11 is 0. The van der Waals surface area contributed by atoms with Gasteiger partial charge in [-0.05, 0) is 26.2 Å². The molecule has 0 bridgehead atoms. The first-order chi connectivity index (χ1) is 8.97. The van der Waals surface area contributed by atoms with Crippen LogP contribution in [0.2, 0.25) is 0 Å². The molecule has 0 fully saturated rings. The number of esters is 2. The molecule has 0 unspecified atom stereocenters. The summed E-state index contributed by atoms with van der Waals surface area (Å²) in [5, 5.41) is 0. The minimum atomic E-state index is -1.15. The van der Waals surface area contributed by atoms with E-state index in [1.807, 2.05) is 13.8 Å². The van der Waals surface area contributed by atoms with Crippen molar-refractivity contribution in [2.75, 3.05) is 13.2 Å². The van der Waals surface area contributed by atoms with Gasteiger partial charge < -0.3 is 9.47 Å². The lowest BCUT2D eigenvalue weighted by molar-refractivity contribution is -0.176. The Bertz CT molecular complexity index is 266. The van der Waals surface area contributed by atoms with E-state index in [9.17, 15) is 9.59 Å². The van der Waals surface area contributed by atoms with Crippen molar-refractivity contribution < 1.29 is 19.1 Å². The Balaban J connectivity index is 5.21. The number of carbonyl (C=O) groups excluding carboxylic acids is 2. The van der Waals surface area contributed by atoms with Crippen LogP contribution in [0.3, 0.4) is 0 Å². The van der Waals surface area contributed by atoms with E-state index in [0.29, 0.717) is 6.42 Å². The predicted molar refractivity (Wildman–Crippen MR) is 74.7 cm³/mol. The van der Waals surface area contributed by atoms with Crippen LogP contribution in [0.4, 0.5) is 0 Å². The third kappa shape index (κ3) is 4.51. The van der Waals surface area contributed by atoms with Gasteiger partial charge in [0.15, 0.2) is 5.41 Å². The van der Waals surface area contributed by atoms with Crippen molar-refractivity contribution in [2.45, 2.75) is 60.3 Å². The van der Waals surface area contributed by atoms with Crippen LogP contribution >= 0.6 is 0 Å². The topological polar surface area (TPSA) is 52.6 Å². The predicted octanol–water partition coefficient (Wildman–Crippen LogP) is 3.34. The van der Waals surface area contributed by atoms with Gasteiger partial charge in [0.2, 0.25) is 0 Å². The molecule has 0 rings (SSSR count). The van der Waals surface area contributed by atoms with Gasteiger partial charge in [0.25, 0.3) is 0 Å². The molecule has 19 heavy (non-hydrogen) atoms. The largest absolute Gasteiger partial charge is 0.465 e. The lowest BCUT2D eigenvalue weighted by Crippen LogP contribution is -2.46. The molecule has 0 aromatic carbocycles. The highest BCUT2D eigenvalue weighted by molar-refractivity contribution is 6.00. The van der Waals surface area contributed by atoms with Crippen LogP contribution in [0.1, 0.15) is 60.3 Å². The lowest BCUT2D eigenvalue weighted by atomic mass is 9.73. The van der Waals surface area contributed by atoms with Gasteiger partial charge in [-0.1, -0.05) is 40.0 Å². The van der Waals surface area contributed by atoms with Crippen molar-refractivity contribution in [2.24, 2.45) is 11.3 Å². The molecular weight excluding hydrogens is 244 g/mol. The second-order valence-corrected chi connectivity index (χ2v) is 5.02. The molecule has 0 atom stereocenters. The Labute approximate surface area is 116 Å². The van der Waals surface area contributed by atoms with E-state index in [-0.39, 0.29) is 19.1 Å². The summed E-state index contributed by atoms with van der Waals surface area (Å²) in [5.41, 5.74) is -1.15. The van der Waals surface area contributed by atoms with Crippen LogP contribution in [-0.4, -0.2) is 25.2 Å². The number of rotatable bonds is 9. The quantitative estimate of drug-likeness (QED) is 0.367. The molecule has 0 aliphatic rings. The van der Waals surface area contributed by atoms with Crippen molar-refractivity contribution in [3.8, 4) is 0 Å². The average Bonchev–Trinajstić information content (AvgIpc) is 2.34. The third-order valence-electron chi connectivity index (χ3n) is 3.44. The number of ether oxygens (including phenoxy) is 2. The first-order valence-electron chi connectivity index (χ1n) is 7.31. The Morgan fingerprint density at radius 2 is 1.42 bits per heavy atom. The molecule has 0 N–H and O–H groups in total. The highest BCUT2D eigenvalue weighted by atomic mass is 16.6. The number of carbonyl (C=O) groups is 2. The van der Waals surface area contributed by atoms with Crippen molar-refractivity contribution >= 4 is 11.9 Å². The second kappa shape index (κ2) is 8.94. The van der Waals surface area contributed by atoms with Gasteiger partial charge in [0.05, 0.1) is 13.2 Å². The Morgan fingerprint density at radius 3 is 1.74 bits per heavy atom. The number of hydrogen-bond acceptors (Lipinski definition) is 4. The first-order valence-corrected chi connectivity index (χ1v) is 7.31. The maximum absolute atomic E-state index is 12.3. The van der Waals surface area contributed by atoms with Crippen LogP contribution < -0.4 is 0 Å². The fraction of sp³-hybridized carbons (Fsp3) is 0.867. The monoisotopic (exact) mass is 272 g/mol. The maximum Gasteiger partial charge on any atom is 0.323 e. The maximum atomic E-state index is 12.3. The molecule has 0 saturated carbocycles. The van der Waals surface area contributed by atoms with E-state index in [4.69, 9.17) is 9.47 Å². The molecular formula is C15H28O4. The molecule has 0 spiro atoms. The highest BCUT2D eigenvalue weighted by Crippen LogP contribution is 2.37. The lowest BCUT2D eigenvalue weighted by Gasteiger charge is -2.32. The van der Waals surface area contributed by atoms with Crippen LogP contribution in [0.5, 0.6) is 0 Å². The SMILES string of the molecule is CCCCCC(C(=O)OCC)(C(=O)OCC)C(C)C. The molecule has 0 heterocycles. The Morgan fingerprint density at radius 1 is 0.947 bits per heavy atom. The van der Waals surface area contributed by atoms with Crippen LogP contribution in [-0.2, 0) is 19.1 Å². The zero-order valence-corrected chi connectivity index (χ0v) is 13.0.